The second-order valence-corrected chi connectivity index (χ2v) is 9.14. The van der Waals surface area contributed by atoms with Gasteiger partial charge in [0.2, 0.25) is 0 Å². The lowest BCUT2D eigenvalue weighted by molar-refractivity contribution is 0.0338. The number of hydrogen-bond donors (Lipinski definition) is 0. The van der Waals surface area contributed by atoms with Crippen LogP contribution in [0.1, 0.15) is 12.0 Å². The third-order valence-corrected chi connectivity index (χ3v) is 7.01. The van der Waals surface area contributed by atoms with Crippen LogP contribution < -0.4 is 9.47 Å². The summed E-state index contributed by atoms with van der Waals surface area (Å²) >= 11 is 6.38. The summed E-state index contributed by atoms with van der Waals surface area (Å²) in [5.41, 5.74) is 5.17. The number of methoxy groups -OCH3 is 2. The molecule has 0 aliphatic carbocycles. The number of ether oxygens (including phenoxy) is 3. The number of pyridine rings is 1. The second kappa shape index (κ2) is 10.4. The molecule has 4 heterocycles. The van der Waals surface area contributed by atoms with Crippen LogP contribution in [0.25, 0.3) is 22.5 Å². The molecule has 0 amide bonds. The van der Waals surface area contributed by atoms with E-state index in [2.05, 4.69) is 34.2 Å². The lowest BCUT2D eigenvalue weighted by Gasteiger charge is -2.31. The van der Waals surface area contributed by atoms with E-state index >= 15 is 0 Å². The fourth-order valence-corrected chi connectivity index (χ4v) is 4.90. The van der Waals surface area contributed by atoms with Gasteiger partial charge in [-0.25, -0.2) is 4.98 Å². The quantitative estimate of drug-likeness (QED) is 0.505. The van der Waals surface area contributed by atoms with Crippen LogP contribution in [0.4, 0.5) is 0 Å². The summed E-state index contributed by atoms with van der Waals surface area (Å²) < 4.78 is 18.4. The molecule has 0 saturated carbocycles. The number of fused-ring (bicyclic) bond motifs is 1. The van der Waals surface area contributed by atoms with Gasteiger partial charge >= 0.3 is 0 Å². The second-order valence-electron chi connectivity index (χ2n) is 8.73. The topological polar surface area (TPSA) is 51.5 Å². The van der Waals surface area contributed by atoms with Crippen LogP contribution in [0.3, 0.4) is 0 Å². The summed E-state index contributed by atoms with van der Waals surface area (Å²) in [7, 11) is 3.23. The zero-order chi connectivity index (χ0) is 23.5. The Kier molecular flexibility index (Phi) is 7.06. The smallest absolute Gasteiger partial charge is 0.141 e. The summed E-state index contributed by atoms with van der Waals surface area (Å²) in [5, 5.41) is 0.529. The maximum Gasteiger partial charge on any atom is 0.141 e. The van der Waals surface area contributed by atoms with Crippen molar-refractivity contribution < 1.29 is 14.2 Å². The van der Waals surface area contributed by atoms with Gasteiger partial charge in [0.15, 0.2) is 0 Å². The van der Waals surface area contributed by atoms with E-state index in [1.165, 1.54) is 11.1 Å². The number of aromatic nitrogens is 2. The number of rotatable bonds is 7. The summed E-state index contributed by atoms with van der Waals surface area (Å²) in [6, 6.07) is 7.98. The van der Waals surface area contributed by atoms with Gasteiger partial charge in [0, 0.05) is 63.3 Å². The Labute approximate surface area is 205 Å². The van der Waals surface area contributed by atoms with E-state index in [9.17, 15) is 0 Å². The van der Waals surface area contributed by atoms with Crippen LogP contribution in [0.15, 0.2) is 42.7 Å². The van der Waals surface area contributed by atoms with Gasteiger partial charge < -0.3 is 18.6 Å². The van der Waals surface area contributed by atoms with Crippen molar-refractivity contribution in [3.8, 4) is 22.8 Å². The standard InChI is InChI=1S/C26H31ClN4O3/c1-32-24-17-25(33-2)22(27)16-21(24)23-18-31-8-5-20(15-26(31)28-23)19-3-6-29(7-4-19)9-10-30-11-13-34-14-12-30/h3,5,8,15-18H,4,6-7,9-14H2,1-2H3. The highest BCUT2D eigenvalue weighted by Crippen LogP contribution is 2.38. The summed E-state index contributed by atoms with van der Waals surface area (Å²) in [5.74, 6) is 1.26. The molecule has 0 spiro atoms. The van der Waals surface area contributed by atoms with Crippen LogP contribution in [-0.4, -0.2) is 85.9 Å². The first-order chi connectivity index (χ1) is 16.6. The number of imidazole rings is 1. The number of morpholine rings is 1. The molecule has 3 aromatic rings. The van der Waals surface area contributed by atoms with Gasteiger partial charge in [0.25, 0.3) is 0 Å². The number of nitrogens with zero attached hydrogens (tertiary/aromatic N) is 4. The molecule has 7 nitrogen and oxygen atoms in total. The van der Waals surface area contributed by atoms with E-state index in [4.69, 9.17) is 30.8 Å². The fourth-order valence-electron chi connectivity index (χ4n) is 4.66. The molecule has 1 aromatic carbocycles. The minimum Gasteiger partial charge on any atom is -0.496 e. The molecule has 0 atom stereocenters. The summed E-state index contributed by atoms with van der Waals surface area (Å²) in [4.78, 5) is 9.90. The molecule has 5 rings (SSSR count). The van der Waals surface area contributed by atoms with Crippen molar-refractivity contribution in [2.75, 3.05) is 66.7 Å². The van der Waals surface area contributed by atoms with Crippen LogP contribution in [0.2, 0.25) is 5.02 Å². The fraction of sp³-hybridized carbons (Fsp3) is 0.423. The van der Waals surface area contributed by atoms with E-state index in [1.54, 1.807) is 20.3 Å². The van der Waals surface area contributed by atoms with Crippen LogP contribution >= 0.6 is 11.6 Å². The zero-order valence-corrected chi connectivity index (χ0v) is 20.6. The molecule has 2 aromatic heterocycles. The Morgan fingerprint density at radius 3 is 2.53 bits per heavy atom. The van der Waals surface area contributed by atoms with Crippen molar-refractivity contribution in [1.82, 2.24) is 19.2 Å². The van der Waals surface area contributed by atoms with Crippen LogP contribution in [0, 0.1) is 0 Å². The first-order valence-electron chi connectivity index (χ1n) is 11.8. The lowest BCUT2D eigenvalue weighted by atomic mass is 10.0. The first-order valence-corrected chi connectivity index (χ1v) is 12.1. The molecule has 2 aliphatic heterocycles. The van der Waals surface area contributed by atoms with Gasteiger partial charge in [-0.3, -0.25) is 9.80 Å². The highest BCUT2D eigenvalue weighted by Gasteiger charge is 2.18. The van der Waals surface area contributed by atoms with E-state index in [0.717, 1.165) is 75.8 Å². The molecule has 0 bridgehead atoms. The molecule has 0 N–H and O–H groups in total. The Balaban J connectivity index is 1.31. The number of benzene rings is 1. The van der Waals surface area contributed by atoms with Gasteiger partial charge in [-0.15, -0.1) is 0 Å². The SMILES string of the molecule is COc1cc(OC)c(-c2cn3ccc(C4=CCN(CCN5CCOCC5)CC4)cc3n2)cc1Cl. The van der Waals surface area contributed by atoms with Crippen molar-refractivity contribution in [2.45, 2.75) is 6.42 Å². The third-order valence-electron chi connectivity index (χ3n) is 6.71. The minimum absolute atomic E-state index is 0.529. The Hall–Kier alpha value is -2.58. The summed E-state index contributed by atoms with van der Waals surface area (Å²) in [6.07, 6.45) is 7.49. The average molecular weight is 483 g/mol. The van der Waals surface area contributed by atoms with E-state index in [-0.39, 0.29) is 0 Å². The van der Waals surface area contributed by atoms with E-state index in [0.29, 0.717) is 16.5 Å². The van der Waals surface area contributed by atoms with Crippen LogP contribution in [0.5, 0.6) is 11.5 Å². The predicted octanol–water partition coefficient (Wildman–Crippen LogP) is 4.09. The molecule has 1 fully saturated rings. The van der Waals surface area contributed by atoms with E-state index < -0.39 is 0 Å². The monoisotopic (exact) mass is 482 g/mol. The number of hydrogen-bond acceptors (Lipinski definition) is 6. The Morgan fingerprint density at radius 1 is 1.00 bits per heavy atom. The largest absolute Gasteiger partial charge is 0.496 e. The van der Waals surface area contributed by atoms with Crippen molar-refractivity contribution in [1.29, 1.82) is 0 Å². The third kappa shape index (κ3) is 4.93. The molecule has 0 unspecified atom stereocenters. The van der Waals surface area contributed by atoms with Gasteiger partial charge in [0.1, 0.15) is 17.1 Å². The molecule has 0 radical (unpaired) electrons. The van der Waals surface area contributed by atoms with E-state index in [1.807, 2.05) is 16.7 Å². The van der Waals surface area contributed by atoms with Crippen molar-refractivity contribution in [3.63, 3.8) is 0 Å². The van der Waals surface area contributed by atoms with Crippen LogP contribution in [-0.2, 0) is 4.74 Å². The van der Waals surface area contributed by atoms with Crippen molar-refractivity contribution in [2.24, 2.45) is 0 Å². The lowest BCUT2D eigenvalue weighted by Crippen LogP contribution is -2.42. The highest BCUT2D eigenvalue weighted by atomic mass is 35.5. The zero-order valence-electron chi connectivity index (χ0n) is 19.8. The van der Waals surface area contributed by atoms with Gasteiger partial charge in [-0.05, 0) is 35.8 Å². The summed E-state index contributed by atoms with van der Waals surface area (Å²) in [6.45, 7) is 8.13. The molecule has 180 valence electrons. The van der Waals surface area contributed by atoms with Crippen molar-refractivity contribution in [3.05, 3.63) is 53.3 Å². The molecule has 2 aliphatic rings. The molecular weight excluding hydrogens is 452 g/mol. The van der Waals surface area contributed by atoms with Gasteiger partial charge in [-0.1, -0.05) is 17.7 Å². The molecule has 34 heavy (non-hydrogen) atoms. The Morgan fingerprint density at radius 2 is 1.79 bits per heavy atom. The normalized spacial score (nSPS) is 17.7. The molecule has 1 saturated heterocycles. The highest BCUT2D eigenvalue weighted by molar-refractivity contribution is 6.32. The first kappa shape index (κ1) is 23.2. The Bertz CT molecular complexity index is 1190. The predicted molar refractivity (Wildman–Crippen MR) is 135 cm³/mol. The van der Waals surface area contributed by atoms with Crippen molar-refractivity contribution >= 4 is 22.8 Å². The minimum atomic E-state index is 0.529. The maximum absolute atomic E-state index is 6.38. The van der Waals surface area contributed by atoms with Gasteiger partial charge in [-0.2, -0.15) is 0 Å². The van der Waals surface area contributed by atoms with Gasteiger partial charge in [0.05, 0.1) is 38.1 Å². The molecular formula is C26H31ClN4O3. The number of halogens is 1. The maximum atomic E-state index is 6.38. The average Bonchev–Trinajstić information content (AvgIpc) is 3.31. The molecule has 8 heteroatoms.